The third kappa shape index (κ3) is 7.08. The highest BCUT2D eigenvalue weighted by Gasteiger charge is 2.49. The van der Waals surface area contributed by atoms with E-state index in [1.54, 1.807) is 48.5 Å². The van der Waals surface area contributed by atoms with E-state index in [4.69, 9.17) is 23.7 Å². The summed E-state index contributed by atoms with van der Waals surface area (Å²) < 4.78 is 31.1. The molecule has 0 saturated carbocycles. The summed E-state index contributed by atoms with van der Waals surface area (Å²) in [4.78, 5) is 26.3. The molecule has 0 radical (unpaired) electrons. The first-order valence-electron chi connectivity index (χ1n) is 14.3. The molecule has 2 heterocycles. The predicted molar refractivity (Wildman–Crippen MR) is 155 cm³/mol. The first kappa shape index (κ1) is 30.6. The number of carbonyl (C=O) groups excluding carboxylic acids is 2. The first-order valence-corrected chi connectivity index (χ1v) is 15.3. The van der Waals surface area contributed by atoms with Crippen molar-refractivity contribution in [2.45, 2.75) is 77.7 Å². The minimum absolute atomic E-state index is 0.0855. The molecule has 40 heavy (non-hydrogen) atoms. The number of hydrogen-bond acceptors (Lipinski definition) is 8. The van der Waals surface area contributed by atoms with E-state index >= 15 is 0 Å². The van der Waals surface area contributed by atoms with E-state index in [2.05, 4.69) is 27.7 Å². The molecule has 4 rings (SSSR count). The van der Waals surface area contributed by atoms with Crippen molar-refractivity contribution in [3.05, 3.63) is 71.8 Å². The third-order valence-electron chi connectivity index (χ3n) is 8.44. The average molecular weight is 571 g/mol. The second-order valence-corrected chi connectivity index (χ2v) is 12.3. The van der Waals surface area contributed by atoms with Gasteiger partial charge < -0.3 is 23.7 Å². The lowest BCUT2D eigenvalue weighted by Crippen LogP contribution is -2.57. The number of benzene rings is 2. The molecule has 0 amide bonds. The van der Waals surface area contributed by atoms with Gasteiger partial charge in [-0.15, -0.1) is 11.8 Å². The van der Waals surface area contributed by atoms with Gasteiger partial charge in [0, 0.05) is 5.92 Å². The van der Waals surface area contributed by atoms with Crippen molar-refractivity contribution in [1.82, 2.24) is 0 Å². The van der Waals surface area contributed by atoms with E-state index in [-0.39, 0.29) is 36.1 Å². The predicted octanol–water partition coefficient (Wildman–Crippen LogP) is 6.22. The highest BCUT2D eigenvalue weighted by atomic mass is 32.2. The molecule has 4 unspecified atom stereocenters. The summed E-state index contributed by atoms with van der Waals surface area (Å²) in [5, 5.41) is 0. The van der Waals surface area contributed by atoms with Crippen LogP contribution in [0.1, 0.15) is 62.3 Å². The third-order valence-corrected chi connectivity index (χ3v) is 9.65. The maximum atomic E-state index is 13.2. The quantitative estimate of drug-likeness (QED) is 0.329. The van der Waals surface area contributed by atoms with E-state index in [0.29, 0.717) is 23.0 Å². The molecular weight excluding hydrogens is 528 g/mol. The molecule has 0 spiro atoms. The van der Waals surface area contributed by atoms with Crippen LogP contribution in [0.2, 0.25) is 0 Å². The van der Waals surface area contributed by atoms with Gasteiger partial charge in [0.05, 0.1) is 29.9 Å². The van der Waals surface area contributed by atoms with Crippen LogP contribution in [0.4, 0.5) is 0 Å². The monoisotopic (exact) mass is 570 g/mol. The summed E-state index contributed by atoms with van der Waals surface area (Å²) in [6.45, 7) is 12.9. The molecule has 7 nitrogen and oxygen atoms in total. The Morgan fingerprint density at radius 2 is 1.27 bits per heavy atom. The molecule has 2 saturated heterocycles. The molecule has 218 valence electrons. The molecule has 2 aromatic rings. The van der Waals surface area contributed by atoms with Crippen LogP contribution in [0.5, 0.6) is 0 Å². The normalized spacial score (nSPS) is 34.1. The summed E-state index contributed by atoms with van der Waals surface area (Å²) in [6, 6.07) is 17.5. The molecule has 0 aromatic heterocycles. The minimum atomic E-state index is -0.970. The minimum Gasteiger partial charge on any atom is -0.454 e. The van der Waals surface area contributed by atoms with Crippen LogP contribution in [-0.2, 0) is 23.7 Å². The van der Waals surface area contributed by atoms with Gasteiger partial charge in [-0.1, -0.05) is 71.0 Å². The van der Waals surface area contributed by atoms with Crippen LogP contribution in [0, 0.1) is 23.7 Å². The van der Waals surface area contributed by atoms with Gasteiger partial charge in [0.2, 0.25) is 0 Å². The van der Waals surface area contributed by atoms with E-state index in [1.807, 2.05) is 37.7 Å². The molecule has 0 aliphatic carbocycles. The van der Waals surface area contributed by atoms with Gasteiger partial charge in [0.1, 0.15) is 11.5 Å². The highest BCUT2D eigenvalue weighted by Crippen LogP contribution is 2.40. The van der Waals surface area contributed by atoms with Crippen molar-refractivity contribution in [2.75, 3.05) is 12.4 Å². The van der Waals surface area contributed by atoms with E-state index in [9.17, 15) is 9.59 Å². The number of esters is 2. The van der Waals surface area contributed by atoms with Crippen molar-refractivity contribution < 1.29 is 33.3 Å². The zero-order chi connectivity index (χ0) is 28.8. The number of rotatable bonds is 9. The molecule has 0 bridgehead atoms. The van der Waals surface area contributed by atoms with Crippen LogP contribution in [-0.4, -0.2) is 60.4 Å². The number of ether oxygens (including phenoxy) is 5. The fraction of sp³-hybridized carbons (Fsp3) is 0.562. The fourth-order valence-corrected chi connectivity index (χ4v) is 6.42. The standard InChI is InChI=1S/C32H42O7S/c1-7-40-32-21(4)19(2)20(3)26(37-32)18-35-31-28(39-30(34)25-16-12-9-13-17-25)27(22(5)23(6)36-31)38-29(33)24-14-10-8-11-15-24/h8-17,19-23,26-28,31-32H,7,18H2,1-6H3/t19-,20+,21?,22-,23?,26?,27-,28?,31+,32-/m0/s1. The van der Waals surface area contributed by atoms with Crippen molar-refractivity contribution in [1.29, 1.82) is 0 Å². The molecule has 2 aliphatic heterocycles. The van der Waals surface area contributed by atoms with Crippen molar-refractivity contribution in [3.8, 4) is 0 Å². The zero-order valence-electron chi connectivity index (χ0n) is 24.2. The van der Waals surface area contributed by atoms with Crippen molar-refractivity contribution >= 4 is 23.7 Å². The van der Waals surface area contributed by atoms with Gasteiger partial charge in [0.15, 0.2) is 12.4 Å². The smallest absolute Gasteiger partial charge is 0.338 e. The Labute approximate surface area is 242 Å². The Balaban J connectivity index is 1.56. The maximum absolute atomic E-state index is 13.2. The Kier molecular flexibility index (Phi) is 10.7. The molecule has 10 atom stereocenters. The summed E-state index contributed by atoms with van der Waals surface area (Å²) in [7, 11) is 0. The molecule has 2 fully saturated rings. The second-order valence-electron chi connectivity index (χ2n) is 10.9. The van der Waals surface area contributed by atoms with Crippen LogP contribution in [0.3, 0.4) is 0 Å². The molecule has 2 aromatic carbocycles. The van der Waals surface area contributed by atoms with Crippen LogP contribution < -0.4 is 0 Å². The molecule has 2 aliphatic rings. The van der Waals surface area contributed by atoms with E-state index < -0.39 is 30.4 Å². The van der Waals surface area contributed by atoms with Crippen LogP contribution in [0.25, 0.3) is 0 Å². The lowest BCUT2D eigenvalue weighted by Gasteiger charge is -2.46. The van der Waals surface area contributed by atoms with Gasteiger partial charge in [-0.2, -0.15) is 0 Å². The number of hydrogen-bond donors (Lipinski definition) is 0. The molecule has 8 heteroatoms. The SMILES string of the molecule is CCS[C@@H]1OC(CO[C@@H]2OC(C)[C@H](C)[C@H](OC(=O)c3ccccc3)C2OC(=O)c2ccccc2)[C@H](C)[C@H](C)C1C. The van der Waals surface area contributed by atoms with E-state index in [1.165, 1.54) is 0 Å². The van der Waals surface area contributed by atoms with Gasteiger partial charge in [-0.25, -0.2) is 9.59 Å². The topological polar surface area (TPSA) is 80.3 Å². The number of carbonyl (C=O) groups is 2. The molecule has 0 N–H and O–H groups in total. The summed E-state index contributed by atoms with van der Waals surface area (Å²) >= 11 is 1.81. The lowest BCUT2D eigenvalue weighted by atomic mass is 9.80. The second kappa shape index (κ2) is 14.0. The van der Waals surface area contributed by atoms with Crippen LogP contribution in [0.15, 0.2) is 60.7 Å². The number of thioether (sulfide) groups is 1. The summed E-state index contributed by atoms with van der Waals surface area (Å²) in [5.41, 5.74) is 0.904. The summed E-state index contributed by atoms with van der Waals surface area (Å²) in [5.74, 6) is 0.828. The largest absolute Gasteiger partial charge is 0.454 e. The Bertz CT molecular complexity index is 1100. The van der Waals surface area contributed by atoms with Gasteiger partial charge in [-0.05, 0) is 54.7 Å². The van der Waals surface area contributed by atoms with Crippen molar-refractivity contribution in [3.63, 3.8) is 0 Å². The van der Waals surface area contributed by atoms with Gasteiger partial charge in [0.25, 0.3) is 0 Å². The first-order chi connectivity index (χ1) is 19.2. The summed E-state index contributed by atoms with van der Waals surface area (Å²) in [6.07, 6.45) is -3.14. The Morgan fingerprint density at radius 1 is 0.725 bits per heavy atom. The average Bonchev–Trinajstić information content (AvgIpc) is 2.97. The van der Waals surface area contributed by atoms with Gasteiger partial charge in [-0.3, -0.25) is 0 Å². The zero-order valence-corrected chi connectivity index (χ0v) is 25.0. The fourth-order valence-electron chi connectivity index (χ4n) is 5.32. The Morgan fingerprint density at radius 3 is 1.82 bits per heavy atom. The lowest BCUT2D eigenvalue weighted by molar-refractivity contribution is -0.288. The maximum Gasteiger partial charge on any atom is 0.338 e. The van der Waals surface area contributed by atoms with Crippen molar-refractivity contribution in [2.24, 2.45) is 23.7 Å². The highest BCUT2D eigenvalue weighted by molar-refractivity contribution is 7.99. The van der Waals surface area contributed by atoms with Crippen LogP contribution >= 0.6 is 11.8 Å². The molecular formula is C32H42O7S. The van der Waals surface area contributed by atoms with Gasteiger partial charge >= 0.3 is 11.9 Å². The Hall–Kier alpha value is -2.39. The van der Waals surface area contributed by atoms with E-state index in [0.717, 1.165) is 5.75 Å².